The predicted octanol–water partition coefficient (Wildman–Crippen LogP) is 2.01. The minimum Gasteiger partial charge on any atom is -0.383 e. The summed E-state index contributed by atoms with van der Waals surface area (Å²) in [4.78, 5) is 22.0. The molecule has 0 aromatic heterocycles. The van der Waals surface area contributed by atoms with Crippen molar-refractivity contribution >= 4 is 23.2 Å². The Hall–Kier alpha value is -1.66. The summed E-state index contributed by atoms with van der Waals surface area (Å²) in [5.41, 5.74) is -0.336. The summed E-state index contributed by atoms with van der Waals surface area (Å²) in [6.45, 7) is 2.07. The van der Waals surface area contributed by atoms with E-state index in [0.717, 1.165) is 6.07 Å². The van der Waals surface area contributed by atoms with Gasteiger partial charge < -0.3 is 10.1 Å². The summed E-state index contributed by atoms with van der Waals surface area (Å²) in [6.07, 6.45) is 0. The molecule has 0 saturated heterocycles. The van der Waals surface area contributed by atoms with Crippen LogP contribution in [0.4, 0.5) is 5.69 Å². The van der Waals surface area contributed by atoms with Crippen molar-refractivity contribution in [3.05, 3.63) is 38.9 Å². The summed E-state index contributed by atoms with van der Waals surface area (Å²) < 4.78 is 4.87. The number of amides is 1. The maximum atomic E-state index is 11.9. The Morgan fingerprint density at radius 3 is 2.83 bits per heavy atom. The molecule has 0 bridgehead atoms. The maximum Gasteiger partial charge on any atom is 0.283 e. The topological polar surface area (TPSA) is 81.5 Å². The number of nitrogens with zero attached hydrogens (tertiary/aromatic N) is 1. The van der Waals surface area contributed by atoms with Crippen molar-refractivity contribution in [3.8, 4) is 0 Å². The number of carbonyl (C=O) groups is 1. The zero-order valence-electron chi connectivity index (χ0n) is 9.97. The van der Waals surface area contributed by atoms with Gasteiger partial charge in [-0.2, -0.15) is 0 Å². The lowest BCUT2D eigenvalue weighted by Gasteiger charge is -2.12. The molecule has 18 heavy (non-hydrogen) atoms. The molecule has 6 nitrogen and oxygen atoms in total. The van der Waals surface area contributed by atoms with E-state index in [9.17, 15) is 14.9 Å². The first-order valence-electron chi connectivity index (χ1n) is 5.19. The number of rotatable bonds is 5. The smallest absolute Gasteiger partial charge is 0.283 e. The second-order valence-corrected chi connectivity index (χ2v) is 4.18. The fourth-order valence-corrected chi connectivity index (χ4v) is 1.61. The first kappa shape index (κ1) is 14.4. The van der Waals surface area contributed by atoms with Crippen LogP contribution in [-0.2, 0) is 4.74 Å². The SMILES string of the molecule is COCC(C)NC(=O)c1ccc(Cl)cc1[N+](=O)[O-]. The molecule has 0 aliphatic heterocycles. The normalized spacial score (nSPS) is 11.9. The van der Waals surface area contributed by atoms with Crippen LogP contribution in [0.15, 0.2) is 18.2 Å². The van der Waals surface area contributed by atoms with Crippen molar-refractivity contribution in [3.63, 3.8) is 0 Å². The molecule has 0 aliphatic rings. The second-order valence-electron chi connectivity index (χ2n) is 3.75. The van der Waals surface area contributed by atoms with E-state index in [1.165, 1.54) is 19.2 Å². The molecule has 1 aromatic rings. The van der Waals surface area contributed by atoms with Crippen molar-refractivity contribution < 1.29 is 14.5 Å². The Bertz CT molecular complexity index is 464. The summed E-state index contributed by atoms with van der Waals surface area (Å²) in [5.74, 6) is -0.525. The summed E-state index contributed by atoms with van der Waals surface area (Å²) >= 11 is 5.66. The molecular weight excluding hydrogens is 260 g/mol. The summed E-state index contributed by atoms with van der Waals surface area (Å²) in [5, 5.41) is 13.6. The third-order valence-electron chi connectivity index (χ3n) is 2.20. The molecule has 0 fully saturated rings. The highest BCUT2D eigenvalue weighted by Gasteiger charge is 2.21. The number of nitro benzene ring substituents is 1. The van der Waals surface area contributed by atoms with Gasteiger partial charge in [-0.3, -0.25) is 14.9 Å². The Kier molecular flexibility index (Phi) is 5.06. The lowest BCUT2D eigenvalue weighted by atomic mass is 10.1. The highest BCUT2D eigenvalue weighted by atomic mass is 35.5. The van der Waals surface area contributed by atoms with Crippen molar-refractivity contribution in [1.82, 2.24) is 5.32 Å². The van der Waals surface area contributed by atoms with E-state index in [4.69, 9.17) is 16.3 Å². The molecule has 1 aromatic carbocycles. The van der Waals surface area contributed by atoms with E-state index in [2.05, 4.69) is 5.32 Å². The van der Waals surface area contributed by atoms with E-state index in [1.54, 1.807) is 6.92 Å². The molecule has 0 heterocycles. The summed E-state index contributed by atoms with van der Waals surface area (Å²) in [7, 11) is 1.51. The molecule has 0 aliphatic carbocycles. The third kappa shape index (κ3) is 3.68. The number of halogens is 1. The Balaban J connectivity index is 2.95. The van der Waals surface area contributed by atoms with Crippen LogP contribution in [0.25, 0.3) is 0 Å². The van der Waals surface area contributed by atoms with Crippen LogP contribution in [0.1, 0.15) is 17.3 Å². The minimum atomic E-state index is -0.637. The molecule has 1 N–H and O–H groups in total. The third-order valence-corrected chi connectivity index (χ3v) is 2.43. The van der Waals surface area contributed by atoms with Crippen LogP contribution in [0, 0.1) is 10.1 Å². The van der Waals surface area contributed by atoms with E-state index in [-0.39, 0.29) is 22.3 Å². The van der Waals surface area contributed by atoms with Gasteiger partial charge in [0.25, 0.3) is 11.6 Å². The number of ether oxygens (including phenoxy) is 1. The fraction of sp³-hybridized carbons (Fsp3) is 0.364. The number of hydrogen-bond acceptors (Lipinski definition) is 4. The molecule has 1 unspecified atom stereocenters. The molecule has 1 amide bonds. The van der Waals surface area contributed by atoms with Gasteiger partial charge in [-0.05, 0) is 19.1 Å². The first-order chi connectivity index (χ1) is 8.45. The highest BCUT2D eigenvalue weighted by Crippen LogP contribution is 2.23. The zero-order chi connectivity index (χ0) is 13.7. The largest absolute Gasteiger partial charge is 0.383 e. The Morgan fingerprint density at radius 2 is 2.28 bits per heavy atom. The maximum absolute atomic E-state index is 11.9. The van der Waals surface area contributed by atoms with Crippen LogP contribution >= 0.6 is 11.6 Å². The highest BCUT2D eigenvalue weighted by molar-refractivity contribution is 6.31. The van der Waals surface area contributed by atoms with E-state index < -0.39 is 10.8 Å². The van der Waals surface area contributed by atoms with Crippen LogP contribution in [0.2, 0.25) is 5.02 Å². The molecule has 0 saturated carbocycles. The molecule has 0 spiro atoms. The average Bonchev–Trinajstić information content (AvgIpc) is 2.28. The quantitative estimate of drug-likeness (QED) is 0.657. The zero-order valence-corrected chi connectivity index (χ0v) is 10.7. The van der Waals surface area contributed by atoms with Gasteiger partial charge in [-0.15, -0.1) is 0 Å². The van der Waals surface area contributed by atoms with E-state index >= 15 is 0 Å². The van der Waals surface area contributed by atoms with Gasteiger partial charge in [0, 0.05) is 24.2 Å². The molecular formula is C11H13ClN2O4. The monoisotopic (exact) mass is 272 g/mol. The number of nitro groups is 1. The Morgan fingerprint density at radius 1 is 1.61 bits per heavy atom. The molecule has 1 rings (SSSR count). The number of carbonyl (C=O) groups excluding carboxylic acids is 1. The lowest BCUT2D eigenvalue weighted by molar-refractivity contribution is -0.385. The van der Waals surface area contributed by atoms with Gasteiger partial charge in [0.15, 0.2) is 0 Å². The Labute approximate surface area is 109 Å². The van der Waals surface area contributed by atoms with Gasteiger partial charge >= 0.3 is 0 Å². The van der Waals surface area contributed by atoms with Gasteiger partial charge in [-0.1, -0.05) is 11.6 Å². The lowest BCUT2D eigenvalue weighted by Crippen LogP contribution is -2.35. The number of benzene rings is 1. The van der Waals surface area contributed by atoms with Crippen LogP contribution in [-0.4, -0.2) is 30.6 Å². The molecule has 7 heteroatoms. The van der Waals surface area contributed by atoms with Crippen molar-refractivity contribution in [1.29, 1.82) is 0 Å². The fourth-order valence-electron chi connectivity index (χ4n) is 1.44. The second kappa shape index (κ2) is 6.32. The first-order valence-corrected chi connectivity index (χ1v) is 5.57. The van der Waals surface area contributed by atoms with Gasteiger partial charge in [0.1, 0.15) is 5.56 Å². The van der Waals surface area contributed by atoms with Crippen LogP contribution in [0.5, 0.6) is 0 Å². The summed E-state index contributed by atoms with van der Waals surface area (Å²) in [6, 6.07) is 3.68. The van der Waals surface area contributed by atoms with Gasteiger partial charge in [0.2, 0.25) is 0 Å². The average molecular weight is 273 g/mol. The van der Waals surface area contributed by atoms with Crippen molar-refractivity contribution in [2.45, 2.75) is 13.0 Å². The number of nitrogens with one attached hydrogen (secondary N) is 1. The van der Waals surface area contributed by atoms with Crippen LogP contribution in [0.3, 0.4) is 0 Å². The van der Waals surface area contributed by atoms with E-state index in [0.29, 0.717) is 6.61 Å². The molecule has 1 atom stereocenters. The predicted molar refractivity (Wildman–Crippen MR) is 66.9 cm³/mol. The number of hydrogen-bond donors (Lipinski definition) is 1. The van der Waals surface area contributed by atoms with Crippen molar-refractivity contribution in [2.75, 3.05) is 13.7 Å². The van der Waals surface area contributed by atoms with Gasteiger partial charge in [0.05, 0.1) is 11.5 Å². The van der Waals surface area contributed by atoms with Gasteiger partial charge in [-0.25, -0.2) is 0 Å². The molecule has 98 valence electrons. The number of methoxy groups -OCH3 is 1. The van der Waals surface area contributed by atoms with Crippen LogP contribution < -0.4 is 5.32 Å². The standard InChI is InChI=1S/C11H13ClN2O4/c1-7(6-18-2)13-11(15)9-4-3-8(12)5-10(9)14(16)17/h3-5,7H,6H2,1-2H3,(H,13,15). The van der Waals surface area contributed by atoms with E-state index in [1.807, 2.05) is 0 Å². The molecule has 0 radical (unpaired) electrons. The minimum absolute atomic E-state index is 0.0210. The van der Waals surface area contributed by atoms with Crippen molar-refractivity contribution in [2.24, 2.45) is 0 Å².